The number of carbonyl (C=O) groups is 1. The summed E-state index contributed by atoms with van der Waals surface area (Å²) in [5, 5.41) is 2.58. The van der Waals surface area contributed by atoms with Gasteiger partial charge in [-0.3, -0.25) is 4.79 Å². The monoisotopic (exact) mass is 264 g/mol. The number of rotatable bonds is 2. The molecule has 3 nitrogen and oxygen atoms in total. The molecule has 0 aliphatic carbocycles. The summed E-state index contributed by atoms with van der Waals surface area (Å²) < 4.78 is 12.9. The van der Waals surface area contributed by atoms with Gasteiger partial charge in [-0.15, -0.1) is 0 Å². The molecule has 3 N–H and O–H groups in total. The van der Waals surface area contributed by atoms with E-state index in [0.717, 1.165) is 0 Å². The van der Waals surface area contributed by atoms with Gasteiger partial charge in [0, 0.05) is 16.9 Å². The van der Waals surface area contributed by atoms with Gasteiger partial charge in [-0.25, -0.2) is 4.39 Å². The number of nitrogen functional groups attached to an aromatic ring is 1. The maximum atomic E-state index is 12.9. The fraction of sp³-hybridized carbons (Fsp3) is 0. The Kier molecular flexibility index (Phi) is 3.48. The molecule has 0 heterocycles. The molecular weight excluding hydrogens is 255 g/mol. The molecule has 0 atom stereocenters. The third-order valence-corrected chi connectivity index (χ3v) is 2.64. The zero-order valence-corrected chi connectivity index (χ0v) is 10.0. The molecule has 2 aromatic rings. The van der Waals surface area contributed by atoms with Crippen molar-refractivity contribution < 1.29 is 9.18 Å². The molecular formula is C13H10ClFN2O. The van der Waals surface area contributed by atoms with E-state index in [-0.39, 0.29) is 10.9 Å². The summed E-state index contributed by atoms with van der Waals surface area (Å²) in [6.07, 6.45) is 0. The molecule has 0 aliphatic rings. The summed E-state index contributed by atoms with van der Waals surface area (Å²) in [4.78, 5) is 11.8. The van der Waals surface area contributed by atoms with Gasteiger partial charge in [0.1, 0.15) is 5.82 Å². The van der Waals surface area contributed by atoms with Crippen molar-refractivity contribution in [2.24, 2.45) is 0 Å². The van der Waals surface area contributed by atoms with E-state index in [1.807, 2.05) is 0 Å². The summed E-state index contributed by atoms with van der Waals surface area (Å²) in [5.41, 5.74) is 7.00. The smallest absolute Gasteiger partial charge is 0.255 e. The summed E-state index contributed by atoms with van der Waals surface area (Å²) in [5.74, 6) is -0.833. The van der Waals surface area contributed by atoms with E-state index in [1.165, 1.54) is 18.2 Å². The van der Waals surface area contributed by atoms with Gasteiger partial charge in [0.05, 0.1) is 5.02 Å². The SMILES string of the molecule is Nc1ccc(C(=O)Nc2ccc(F)c(Cl)c2)cc1. The van der Waals surface area contributed by atoms with Gasteiger partial charge >= 0.3 is 0 Å². The standard InChI is InChI=1S/C13H10ClFN2O/c14-11-7-10(5-6-12(11)15)17-13(18)8-1-3-9(16)4-2-8/h1-7H,16H2,(H,17,18). The first kappa shape index (κ1) is 12.4. The minimum Gasteiger partial charge on any atom is -0.399 e. The fourth-order valence-electron chi connectivity index (χ4n) is 1.41. The average molecular weight is 265 g/mol. The lowest BCUT2D eigenvalue weighted by atomic mass is 10.2. The van der Waals surface area contributed by atoms with E-state index in [1.54, 1.807) is 24.3 Å². The van der Waals surface area contributed by atoms with E-state index in [9.17, 15) is 9.18 Å². The van der Waals surface area contributed by atoms with Crippen LogP contribution >= 0.6 is 11.6 Å². The highest BCUT2D eigenvalue weighted by Crippen LogP contribution is 2.20. The maximum Gasteiger partial charge on any atom is 0.255 e. The molecule has 0 fully saturated rings. The van der Waals surface area contributed by atoms with Crippen LogP contribution in [0.5, 0.6) is 0 Å². The van der Waals surface area contributed by atoms with Gasteiger partial charge in [-0.05, 0) is 42.5 Å². The molecule has 18 heavy (non-hydrogen) atoms. The summed E-state index contributed by atoms with van der Waals surface area (Å²) in [7, 11) is 0. The van der Waals surface area contributed by atoms with E-state index < -0.39 is 5.82 Å². The number of nitrogens with two attached hydrogens (primary N) is 1. The van der Waals surface area contributed by atoms with Crippen molar-refractivity contribution in [3.63, 3.8) is 0 Å². The van der Waals surface area contributed by atoms with E-state index in [2.05, 4.69) is 5.32 Å². The van der Waals surface area contributed by atoms with E-state index in [4.69, 9.17) is 17.3 Å². The molecule has 0 radical (unpaired) electrons. The predicted octanol–water partition coefficient (Wildman–Crippen LogP) is 3.31. The van der Waals surface area contributed by atoms with Crippen molar-refractivity contribution in [2.45, 2.75) is 0 Å². The molecule has 0 saturated heterocycles. The second kappa shape index (κ2) is 5.06. The Labute approximate surface area is 108 Å². The van der Waals surface area contributed by atoms with Crippen LogP contribution in [-0.2, 0) is 0 Å². The van der Waals surface area contributed by atoms with Crippen molar-refractivity contribution in [2.75, 3.05) is 11.1 Å². The minimum atomic E-state index is -0.526. The van der Waals surface area contributed by atoms with Crippen LogP contribution in [0.25, 0.3) is 0 Å². The molecule has 0 aromatic heterocycles. The topological polar surface area (TPSA) is 55.1 Å². The number of nitrogens with one attached hydrogen (secondary N) is 1. The van der Waals surface area contributed by atoms with Gasteiger partial charge < -0.3 is 11.1 Å². The molecule has 5 heteroatoms. The van der Waals surface area contributed by atoms with Crippen LogP contribution in [0.4, 0.5) is 15.8 Å². The maximum absolute atomic E-state index is 12.9. The van der Waals surface area contributed by atoms with Crippen LogP contribution in [0, 0.1) is 5.82 Å². The van der Waals surface area contributed by atoms with E-state index >= 15 is 0 Å². The van der Waals surface area contributed by atoms with Crippen LogP contribution < -0.4 is 11.1 Å². The van der Waals surface area contributed by atoms with Crippen molar-refractivity contribution in [1.29, 1.82) is 0 Å². The lowest BCUT2D eigenvalue weighted by Crippen LogP contribution is -2.11. The first-order valence-corrected chi connectivity index (χ1v) is 5.56. The number of carbonyl (C=O) groups excluding carboxylic acids is 1. The van der Waals surface area contributed by atoms with Gasteiger partial charge in [0.15, 0.2) is 0 Å². The number of hydrogen-bond donors (Lipinski definition) is 2. The number of hydrogen-bond acceptors (Lipinski definition) is 2. The largest absolute Gasteiger partial charge is 0.399 e. The molecule has 1 amide bonds. The minimum absolute atomic E-state index is 0.0369. The Balaban J connectivity index is 2.16. The first-order valence-electron chi connectivity index (χ1n) is 5.18. The van der Waals surface area contributed by atoms with Gasteiger partial charge in [0.2, 0.25) is 0 Å². The van der Waals surface area contributed by atoms with Crippen LogP contribution in [0.2, 0.25) is 5.02 Å². The quantitative estimate of drug-likeness (QED) is 0.818. The van der Waals surface area contributed by atoms with Crippen LogP contribution in [0.1, 0.15) is 10.4 Å². The third kappa shape index (κ3) is 2.78. The van der Waals surface area contributed by atoms with Gasteiger partial charge in [0.25, 0.3) is 5.91 Å². The van der Waals surface area contributed by atoms with Crippen molar-refractivity contribution >= 4 is 28.9 Å². The Morgan fingerprint density at radius 3 is 2.44 bits per heavy atom. The lowest BCUT2D eigenvalue weighted by molar-refractivity contribution is 0.102. The highest BCUT2D eigenvalue weighted by molar-refractivity contribution is 6.31. The second-order valence-electron chi connectivity index (χ2n) is 3.71. The van der Waals surface area contributed by atoms with E-state index in [0.29, 0.717) is 16.9 Å². The molecule has 0 bridgehead atoms. The predicted molar refractivity (Wildman–Crippen MR) is 70.2 cm³/mol. The van der Waals surface area contributed by atoms with Gasteiger partial charge in [-0.2, -0.15) is 0 Å². The molecule has 0 aliphatic heterocycles. The fourth-order valence-corrected chi connectivity index (χ4v) is 1.59. The summed E-state index contributed by atoms with van der Waals surface area (Å²) in [6.45, 7) is 0. The van der Waals surface area contributed by atoms with Crippen LogP contribution in [-0.4, -0.2) is 5.91 Å². The van der Waals surface area contributed by atoms with Crippen molar-refractivity contribution in [1.82, 2.24) is 0 Å². The molecule has 2 rings (SSSR count). The first-order chi connectivity index (χ1) is 8.56. The second-order valence-corrected chi connectivity index (χ2v) is 4.11. The molecule has 0 unspecified atom stereocenters. The van der Waals surface area contributed by atoms with Crippen molar-refractivity contribution in [3.8, 4) is 0 Å². The van der Waals surface area contributed by atoms with Crippen LogP contribution in [0.3, 0.4) is 0 Å². The average Bonchev–Trinajstić information content (AvgIpc) is 2.34. The number of benzene rings is 2. The Bertz CT molecular complexity index is 584. The molecule has 0 spiro atoms. The normalized spacial score (nSPS) is 10.1. The Morgan fingerprint density at radius 2 is 1.83 bits per heavy atom. The van der Waals surface area contributed by atoms with Crippen LogP contribution in [0.15, 0.2) is 42.5 Å². The molecule has 2 aromatic carbocycles. The Hall–Kier alpha value is -2.07. The molecule has 92 valence electrons. The zero-order valence-electron chi connectivity index (χ0n) is 9.28. The summed E-state index contributed by atoms with van der Waals surface area (Å²) >= 11 is 5.62. The third-order valence-electron chi connectivity index (χ3n) is 2.35. The van der Waals surface area contributed by atoms with Gasteiger partial charge in [-0.1, -0.05) is 11.6 Å². The highest BCUT2D eigenvalue weighted by Gasteiger charge is 2.07. The number of halogens is 2. The number of anilines is 2. The zero-order chi connectivity index (χ0) is 13.1. The lowest BCUT2D eigenvalue weighted by Gasteiger charge is -2.06. The van der Waals surface area contributed by atoms with Crippen molar-refractivity contribution in [3.05, 3.63) is 58.9 Å². The summed E-state index contributed by atoms with van der Waals surface area (Å²) in [6, 6.07) is 10.5. The molecule has 0 saturated carbocycles. The Morgan fingerprint density at radius 1 is 1.17 bits per heavy atom. The highest BCUT2D eigenvalue weighted by atomic mass is 35.5. The number of amides is 1.